The Labute approximate surface area is 163 Å². The van der Waals surface area contributed by atoms with Gasteiger partial charge in [-0.3, -0.25) is 9.08 Å². The van der Waals surface area contributed by atoms with Gasteiger partial charge in [0.15, 0.2) is 0 Å². The van der Waals surface area contributed by atoms with E-state index in [0.29, 0.717) is 11.7 Å². The molecule has 0 saturated carbocycles. The van der Waals surface area contributed by atoms with Crippen LogP contribution in [0.4, 0.5) is 5.95 Å². The molecule has 0 aliphatic carbocycles. The third-order valence-electron chi connectivity index (χ3n) is 4.43. The van der Waals surface area contributed by atoms with Crippen molar-refractivity contribution in [1.29, 1.82) is 0 Å². The number of imidazole rings is 1. The number of aromatic nitrogens is 7. The molecular weight excluding hydrogens is 352 g/mol. The zero-order valence-electron chi connectivity index (χ0n) is 16.6. The summed E-state index contributed by atoms with van der Waals surface area (Å²) in [5.41, 5.74) is 4.47. The Morgan fingerprint density at radius 2 is 1.96 bits per heavy atom. The van der Waals surface area contributed by atoms with Crippen molar-refractivity contribution in [3.63, 3.8) is 0 Å². The molecule has 8 nitrogen and oxygen atoms in total. The number of nitrogens with zero attached hydrogens (tertiary/aromatic N) is 7. The highest BCUT2D eigenvalue weighted by atomic mass is 15.3. The van der Waals surface area contributed by atoms with E-state index in [0.717, 1.165) is 41.2 Å². The van der Waals surface area contributed by atoms with E-state index in [2.05, 4.69) is 41.0 Å². The van der Waals surface area contributed by atoms with Crippen molar-refractivity contribution in [2.24, 2.45) is 0 Å². The number of fused-ring (bicyclic) bond motifs is 1. The Morgan fingerprint density at radius 1 is 1.11 bits per heavy atom. The van der Waals surface area contributed by atoms with E-state index in [-0.39, 0.29) is 6.04 Å². The van der Waals surface area contributed by atoms with Gasteiger partial charge in [0.25, 0.3) is 0 Å². The Hall–Kier alpha value is -3.29. The zero-order chi connectivity index (χ0) is 19.7. The second-order valence-electron chi connectivity index (χ2n) is 7.09. The summed E-state index contributed by atoms with van der Waals surface area (Å²) >= 11 is 0. The molecule has 0 bridgehead atoms. The molecule has 4 aromatic heterocycles. The maximum absolute atomic E-state index is 4.82. The number of nitrogens with one attached hydrogen (secondary N) is 1. The number of hydrogen-bond acceptors (Lipinski definition) is 6. The van der Waals surface area contributed by atoms with E-state index >= 15 is 0 Å². The summed E-state index contributed by atoms with van der Waals surface area (Å²) < 4.78 is 3.88. The van der Waals surface area contributed by atoms with E-state index in [1.165, 1.54) is 0 Å². The Kier molecular flexibility index (Phi) is 4.77. The van der Waals surface area contributed by atoms with Crippen LogP contribution >= 0.6 is 0 Å². The Bertz CT molecular complexity index is 1110. The summed E-state index contributed by atoms with van der Waals surface area (Å²) in [6.07, 6.45) is 10.6. The van der Waals surface area contributed by atoms with Crippen LogP contribution in [0.1, 0.15) is 38.9 Å². The largest absolute Gasteiger partial charge is 0.354 e. The number of aryl methyl sites for hydroxylation is 1. The average Bonchev–Trinajstić information content (AvgIpc) is 3.29. The molecule has 1 N–H and O–H groups in total. The first-order valence-electron chi connectivity index (χ1n) is 9.53. The highest BCUT2D eigenvalue weighted by molar-refractivity contribution is 5.78. The number of hydrogen-bond donors (Lipinski definition) is 1. The van der Waals surface area contributed by atoms with Crippen molar-refractivity contribution < 1.29 is 0 Å². The third kappa shape index (κ3) is 3.45. The summed E-state index contributed by atoms with van der Waals surface area (Å²) in [5, 5.41) is 8.07. The molecular formula is C20H24N8. The molecule has 0 fully saturated rings. The lowest BCUT2D eigenvalue weighted by Gasteiger charge is -2.06. The summed E-state index contributed by atoms with van der Waals surface area (Å²) in [6, 6.07) is 2.15. The second-order valence-corrected chi connectivity index (χ2v) is 7.09. The molecule has 0 unspecified atom stereocenters. The molecule has 8 heteroatoms. The van der Waals surface area contributed by atoms with E-state index in [1.54, 1.807) is 6.20 Å². The Balaban J connectivity index is 1.83. The maximum Gasteiger partial charge on any atom is 0.233 e. The smallest absolute Gasteiger partial charge is 0.233 e. The van der Waals surface area contributed by atoms with Crippen LogP contribution in [0, 0.1) is 6.92 Å². The lowest BCUT2D eigenvalue weighted by atomic mass is 10.1. The minimum Gasteiger partial charge on any atom is -0.354 e. The molecule has 0 aliphatic heterocycles. The van der Waals surface area contributed by atoms with Gasteiger partial charge in [-0.2, -0.15) is 5.10 Å². The zero-order valence-corrected chi connectivity index (χ0v) is 16.6. The van der Waals surface area contributed by atoms with E-state index in [9.17, 15) is 0 Å². The van der Waals surface area contributed by atoms with Gasteiger partial charge in [0.2, 0.25) is 11.7 Å². The van der Waals surface area contributed by atoms with Gasteiger partial charge in [-0.05, 0) is 33.3 Å². The molecule has 144 valence electrons. The van der Waals surface area contributed by atoms with E-state index < -0.39 is 0 Å². The fraction of sp³-hybridized carbons (Fsp3) is 0.350. The predicted molar refractivity (Wildman–Crippen MR) is 109 cm³/mol. The van der Waals surface area contributed by atoms with Gasteiger partial charge in [-0.15, -0.1) is 0 Å². The molecule has 4 heterocycles. The van der Waals surface area contributed by atoms with Gasteiger partial charge in [0.05, 0.1) is 11.4 Å². The molecule has 28 heavy (non-hydrogen) atoms. The third-order valence-corrected chi connectivity index (χ3v) is 4.43. The van der Waals surface area contributed by atoms with Crippen LogP contribution in [0.5, 0.6) is 0 Å². The van der Waals surface area contributed by atoms with Gasteiger partial charge in [-0.25, -0.2) is 19.9 Å². The van der Waals surface area contributed by atoms with Crippen LogP contribution in [0.25, 0.3) is 28.3 Å². The fourth-order valence-electron chi connectivity index (χ4n) is 3.01. The predicted octanol–water partition coefficient (Wildman–Crippen LogP) is 3.76. The molecule has 0 radical (unpaired) electrons. The van der Waals surface area contributed by atoms with Gasteiger partial charge in [0, 0.05) is 54.7 Å². The topological polar surface area (TPSA) is 85.8 Å². The highest BCUT2D eigenvalue weighted by Crippen LogP contribution is 2.31. The van der Waals surface area contributed by atoms with Crippen molar-refractivity contribution in [3.8, 4) is 22.5 Å². The number of rotatable bonds is 6. The second kappa shape index (κ2) is 7.38. The summed E-state index contributed by atoms with van der Waals surface area (Å²) in [5.74, 6) is 1.31. The molecule has 0 atom stereocenters. The molecule has 4 aromatic rings. The van der Waals surface area contributed by atoms with E-state index in [1.807, 2.05) is 46.9 Å². The van der Waals surface area contributed by atoms with Gasteiger partial charge >= 0.3 is 0 Å². The van der Waals surface area contributed by atoms with E-state index in [4.69, 9.17) is 10.1 Å². The normalized spacial score (nSPS) is 11.5. The van der Waals surface area contributed by atoms with Crippen LogP contribution in [0.3, 0.4) is 0 Å². The minimum atomic E-state index is 0.235. The fourth-order valence-corrected chi connectivity index (χ4v) is 3.01. The standard InChI is InChI=1S/C20H24N8/c1-5-7-21-19-22-8-6-17(25-19)16-12-28(13(2)3)26-18(16)15-9-23-20-24-14(4)10-27(20)11-15/h6,8-13H,5,7H2,1-4H3,(H,21,22,25). The van der Waals surface area contributed by atoms with Crippen LogP contribution < -0.4 is 5.32 Å². The molecule has 0 aliphatic rings. The van der Waals surface area contributed by atoms with Gasteiger partial charge in [-0.1, -0.05) is 6.92 Å². The van der Waals surface area contributed by atoms with Crippen molar-refractivity contribution in [1.82, 2.24) is 34.1 Å². The monoisotopic (exact) mass is 376 g/mol. The number of anilines is 1. The van der Waals surface area contributed by atoms with Gasteiger partial charge in [0.1, 0.15) is 5.69 Å². The van der Waals surface area contributed by atoms with Crippen molar-refractivity contribution in [2.45, 2.75) is 40.2 Å². The highest BCUT2D eigenvalue weighted by Gasteiger charge is 2.17. The van der Waals surface area contributed by atoms with Crippen LogP contribution in [0.15, 0.2) is 37.1 Å². The lowest BCUT2D eigenvalue weighted by Crippen LogP contribution is -2.04. The van der Waals surface area contributed by atoms with Crippen molar-refractivity contribution in [3.05, 3.63) is 42.7 Å². The first-order chi connectivity index (χ1) is 13.5. The first-order valence-corrected chi connectivity index (χ1v) is 9.53. The van der Waals surface area contributed by atoms with Crippen LogP contribution in [-0.4, -0.2) is 40.7 Å². The lowest BCUT2D eigenvalue weighted by molar-refractivity contribution is 0.534. The first kappa shape index (κ1) is 18.1. The van der Waals surface area contributed by atoms with Crippen molar-refractivity contribution in [2.75, 3.05) is 11.9 Å². The molecule has 0 spiro atoms. The Morgan fingerprint density at radius 3 is 2.75 bits per heavy atom. The SMILES string of the molecule is CCCNc1nccc(-c2cn(C(C)C)nc2-c2cnc3nc(C)cn3c2)n1. The summed E-state index contributed by atoms with van der Waals surface area (Å²) in [6.45, 7) is 9.12. The average molecular weight is 376 g/mol. The van der Waals surface area contributed by atoms with Gasteiger partial charge < -0.3 is 5.32 Å². The molecule has 0 saturated heterocycles. The van der Waals surface area contributed by atoms with Crippen LogP contribution in [-0.2, 0) is 0 Å². The van der Waals surface area contributed by atoms with Crippen molar-refractivity contribution >= 4 is 11.7 Å². The molecule has 0 amide bonds. The quantitative estimate of drug-likeness (QED) is 0.551. The molecule has 4 rings (SSSR count). The van der Waals surface area contributed by atoms with Crippen LogP contribution in [0.2, 0.25) is 0 Å². The summed E-state index contributed by atoms with van der Waals surface area (Å²) in [7, 11) is 0. The summed E-state index contributed by atoms with van der Waals surface area (Å²) in [4.78, 5) is 17.9. The maximum atomic E-state index is 4.82. The molecule has 0 aromatic carbocycles. The minimum absolute atomic E-state index is 0.235.